The van der Waals surface area contributed by atoms with Crippen LogP contribution in [0.5, 0.6) is 0 Å². The zero-order valence-electron chi connectivity index (χ0n) is 23.9. The molecule has 3 unspecified atom stereocenters. The number of aryl methyl sites for hydroxylation is 2. The van der Waals surface area contributed by atoms with Gasteiger partial charge in [-0.15, -0.1) is 0 Å². The van der Waals surface area contributed by atoms with Crippen LogP contribution in [0.1, 0.15) is 72.1 Å². The quantitative estimate of drug-likeness (QED) is 0.238. The maximum atomic E-state index is 13.8. The molecule has 0 aliphatic carbocycles. The van der Waals surface area contributed by atoms with Crippen molar-refractivity contribution >= 4 is 5.91 Å². The van der Waals surface area contributed by atoms with E-state index in [2.05, 4.69) is 92.5 Å². The molecule has 3 aromatic rings. The fraction of sp³-hybridized carbons (Fsp3) is 0.306. The maximum absolute atomic E-state index is 13.8. The minimum Gasteiger partial charge on any atom is -0.392 e. The lowest BCUT2D eigenvalue weighted by molar-refractivity contribution is -0.127. The summed E-state index contributed by atoms with van der Waals surface area (Å²) in [6, 6.07) is 23.1. The van der Waals surface area contributed by atoms with E-state index in [1.165, 1.54) is 11.1 Å². The van der Waals surface area contributed by atoms with Crippen LogP contribution in [0.15, 0.2) is 103 Å². The highest BCUT2D eigenvalue weighted by atomic mass is 16.3. The summed E-state index contributed by atoms with van der Waals surface area (Å²) < 4.78 is 0. The summed E-state index contributed by atoms with van der Waals surface area (Å²) >= 11 is 0. The first-order chi connectivity index (χ1) is 18.7. The summed E-state index contributed by atoms with van der Waals surface area (Å²) in [6.07, 6.45) is 7.51. The maximum Gasteiger partial charge on any atom is 0.228 e. The number of rotatable bonds is 8. The second-order valence-electron chi connectivity index (χ2n) is 10.8. The average molecular weight is 520 g/mol. The predicted octanol–water partition coefficient (Wildman–Crippen LogP) is 7.60. The number of carbonyl (C=O) groups excluding carboxylic acids is 1. The van der Waals surface area contributed by atoms with Gasteiger partial charge < -0.3 is 10.4 Å². The molecule has 4 rings (SSSR count). The molecular weight excluding hydrogens is 478 g/mol. The van der Waals surface area contributed by atoms with Crippen LogP contribution in [-0.4, -0.2) is 11.0 Å². The van der Waals surface area contributed by atoms with E-state index < -0.39 is 5.54 Å². The Kier molecular flexibility index (Phi) is 8.72. The first-order valence-electron chi connectivity index (χ1n) is 13.9. The predicted molar refractivity (Wildman–Crippen MR) is 162 cm³/mol. The highest BCUT2D eigenvalue weighted by molar-refractivity contribution is 5.85. The Hall–Kier alpha value is -3.69. The minimum absolute atomic E-state index is 0.0166. The Morgan fingerprint density at radius 2 is 1.74 bits per heavy atom. The SMILES string of the molecule is C=C1CC(C(C=CC)=CC)(c2cccc(C(C)c3ccc(C)c(CO)c3)c2)NC(=O)C1Cc1ccccc1C. The second kappa shape index (κ2) is 12.0. The van der Waals surface area contributed by atoms with Crippen LogP contribution in [-0.2, 0) is 23.4 Å². The molecule has 0 bridgehead atoms. The molecule has 39 heavy (non-hydrogen) atoms. The Bertz CT molecular complexity index is 1410. The normalized spacial score (nSPS) is 20.8. The van der Waals surface area contributed by atoms with Crippen molar-refractivity contribution in [3.05, 3.63) is 142 Å². The molecule has 3 aromatic carbocycles. The van der Waals surface area contributed by atoms with Crippen LogP contribution in [0, 0.1) is 19.8 Å². The van der Waals surface area contributed by atoms with Gasteiger partial charge in [0.25, 0.3) is 0 Å². The van der Waals surface area contributed by atoms with Crippen LogP contribution < -0.4 is 5.32 Å². The zero-order valence-corrected chi connectivity index (χ0v) is 23.9. The Balaban J connectivity index is 1.74. The molecule has 1 amide bonds. The van der Waals surface area contributed by atoms with Gasteiger partial charge in [0.15, 0.2) is 0 Å². The Labute approximate surface area is 234 Å². The molecule has 1 heterocycles. The number of allylic oxidation sites excluding steroid dienone is 2. The molecule has 3 heteroatoms. The van der Waals surface area contributed by atoms with E-state index in [1.54, 1.807) is 0 Å². The first kappa shape index (κ1) is 28.3. The van der Waals surface area contributed by atoms with Crippen molar-refractivity contribution in [1.82, 2.24) is 5.32 Å². The number of hydrogen-bond donors (Lipinski definition) is 2. The second-order valence-corrected chi connectivity index (χ2v) is 10.8. The van der Waals surface area contributed by atoms with E-state index in [4.69, 9.17) is 0 Å². The highest BCUT2D eigenvalue weighted by Gasteiger charge is 2.44. The minimum atomic E-state index is -0.697. The fourth-order valence-electron chi connectivity index (χ4n) is 5.86. The van der Waals surface area contributed by atoms with Crippen molar-refractivity contribution in [2.75, 3.05) is 0 Å². The van der Waals surface area contributed by atoms with E-state index in [1.807, 2.05) is 39.0 Å². The third-order valence-electron chi connectivity index (χ3n) is 8.40. The monoisotopic (exact) mass is 519 g/mol. The van der Waals surface area contributed by atoms with Crippen LogP contribution in [0.4, 0.5) is 0 Å². The van der Waals surface area contributed by atoms with Gasteiger partial charge in [0.05, 0.1) is 18.1 Å². The molecule has 3 nitrogen and oxygen atoms in total. The molecule has 0 saturated carbocycles. The van der Waals surface area contributed by atoms with Gasteiger partial charge in [-0.3, -0.25) is 4.79 Å². The van der Waals surface area contributed by atoms with Gasteiger partial charge in [-0.25, -0.2) is 0 Å². The molecular formula is C36H41NO2. The third kappa shape index (κ3) is 5.69. The number of hydrogen-bond acceptors (Lipinski definition) is 2. The highest BCUT2D eigenvalue weighted by Crippen LogP contribution is 2.43. The van der Waals surface area contributed by atoms with Crippen molar-refractivity contribution in [3.63, 3.8) is 0 Å². The number of aliphatic hydroxyl groups is 1. The standard InChI is InChI=1S/C36H41NO2/c1-7-12-32(8-2)36(22-26(5)34(35(39)37-36)21-28-14-10-9-13-24(28)3)33-16-11-15-29(20-33)27(6)30-18-17-25(4)31(19-30)23-38/h7-20,27,34,38H,5,21-23H2,1-4,6H3,(H,37,39). The van der Waals surface area contributed by atoms with E-state index in [-0.39, 0.29) is 24.3 Å². The molecule has 1 aliphatic heterocycles. The smallest absolute Gasteiger partial charge is 0.228 e. The van der Waals surface area contributed by atoms with Crippen molar-refractivity contribution in [3.8, 4) is 0 Å². The molecule has 0 spiro atoms. The average Bonchev–Trinajstić information content (AvgIpc) is 2.94. The van der Waals surface area contributed by atoms with Crippen molar-refractivity contribution < 1.29 is 9.90 Å². The molecule has 1 aliphatic rings. The lowest BCUT2D eigenvalue weighted by Gasteiger charge is -2.44. The molecule has 202 valence electrons. The summed E-state index contributed by atoms with van der Waals surface area (Å²) in [7, 11) is 0. The van der Waals surface area contributed by atoms with Gasteiger partial charge in [-0.1, -0.05) is 104 Å². The number of carbonyl (C=O) groups is 1. The van der Waals surface area contributed by atoms with Crippen LogP contribution >= 0.6 is 0 Å². The Morgan fingerprint density at radius 1 is 1.03 bits per heavy atom. The lowest BCUT2D eigenvalue weighted by atomic mass is 9.70. The van der Waals surface area contributed by atoms with Gasteiger partial charge in [0.2, 0.25) is 5.91 Å². The van der Waals surface area contributed by atoms with Crippen molar-refractivity contribution in [1.29, 1.82) is 0 Å². The topological polar surface area (TPSA) is 49.3 Å². The van der Waals surface area contributed by atoms with Crippen molar-refractivity contribution in [2.24, 2.45) is 5.92 Å². The summed E-state index contributed by atoms with van der Waals surface area (Å²) in [5.41, 5.74) is 9.10. The molecule has 2 N–H and O–H groups in total. The molecule has 1 saturated heterocycles. The number of benzene rings is 3. The van der Waals surface area contributed by atoms with E-state index >= 15 is 0 Å². The fourth-order valence-corrected chi connectivity index (χ4v) is 5.86. The van der Waals surface area contributed by atoms with E-state index in [0.29, 0.717) is 12.8 Å². The van der Waals surface area contributed by atoms with Gasteiger partial charge in [-0.05, 0) is 78.6 Å². The Morgan fingerprint density at radius 3 is 2.41 bits per heavy atom. The molecule has 1 fully saturated rings. The molecule has 0 aromatic heterocycles. The lowest BCUT2D eigenvalue weighted by Crippen LogP contribution is -2.54. The van der Waals surface area contributed by atoms with Crippen LogP contribution in [0.25, 0.3) is 0 Å². The van der Waals surface area contributed by atoms with Crippen LogP contribution in [0.2, 0.25) is 0 Å². The number of piperidine rings is 1. The van der Waals surface area contributed by atoms with E-state index in [0.717, 1.165) is 39.0 Å². The van der Waals surface area contributed by atoms with Gasteiger partial charge in [0, 0.05) is 12.3 Å². The summed E-state index contributed by atoms with van der Waals surface area (Å²) in [4.78, 5) is 13.8. The van der Waals surface area contributed by atoms with Gasteiger partial charge in [-0.2, -0.15) is 0 Å². The molecule has 3 atom stereocenters. The largest absolute Gasteiger partial charge is 0.392 e. The summed E-state index contributed by atoms with van der Waals surface area (Å²) in [5, 5.41) is 13.3. The zero-order chi connectivity index (χ0) is 28.2. The van der Waals surface area contributed by atoms with E-state index in [9.17, 15) is 9.90 Å². The molecule has 0 radical (unpaired) electrons. The van der Waals surface area contributed by atoms with Crippen molar-refractivity contribution in [2.45, 2.75) is 65.5 Å². The van der Waals surface area contributed by atoms with Crippen LogP contribution in [0.3, 0.4) is 0 Å². The summed E-state index contributed by atoms with van der Waals surface area (Å²) in [6.45, 7) is 14.8. The first-order valence-corrected chi connectivity index (χ1v) is 13.9. The van der Waals surface area contributed by atoms with Gasteiger partial charge in [0.1, 0.15) is 0 Å². The van der Waals surface area contributed by atoms with Gasteiger partial charge >= 0.3 is 0 Å². The number of nitrogens with one attached hydrogen (secondary N) is 1. The number of amides is 1. The third-order valence-corrected chi connectivity index (χ3v) is 8.40. The summed E-state index contributed by atoms with van der Waals surface area (Å²) in [5.74, 6) is -0.127. The number of aliphatic hydroxyl groups excluding tert-OH is 1.